The van der Waals surface area contributed by atoms with Crippen LogP contribution in [0.4, 0.5) is 4.39 Å². The van der Waals surface area contributed by atoms with Crippen LogP contribution < -0.4 is 5.32 Å². The average molecular weight is 290 g/mol. The summed E-state index contributed by atoms with van der Waals surface area (Å²) in [4.78, 5) is 0. The van der Waals surface area contributed by atoms with E-state index in [1.807, 2.05) is 23.7 Å². The summed E-state index contributed by atoms with van der Waals surface area (Å²) in [5.74, 6) is -0.187. The van der Waals surface area contributed by atoms with Crippen molar-refractivity contribution in [2.45, 2.75) is 46.2 Å². The molecule has 0 bridgehead atoms. The van der Waals surface area contributed by atoms with Gasteiger partial charge in [0.25, 0.3) is 0 Å². The Hall–Kier alpha value is -1.75. The summed E-state index contributed by atoms with van der Waals surface area (Å²) in [6.07, 6.45) is 3.68. The number of halogens is 1. The Kier molecular flexibility index (Phi) is 5.44. The number of nitrogens with one attached hydrogen (secondary N) is 1. The molecule has 5 heteroatoms. The number of rotatable bonds is 7. The van der Waals surface area contributed by atoms with Crippen molar-refractivity contribution in [1.82, 2.24) is 20.3 Å². The molecule has 0 aliphatic rings. The summed E-state index contributed by atoms with van der Waals surface area (Å²) in [6.45, 7) is 7.68. The highest BCUT2D eigenvalue weighted by Crippen LogP contribution is 2.25. The molecule has 1 unspecified atom stereocenters. The summed E-state index contributed by atoms with van der Waals surface area (Å²) in [7, 11) is 0. The van der Waals surface area contributed by atoms with Gasteiger partial charge in [-0.05, 0) is 37.9 Å². The van der Waals surface area contributed by atoms with Gasteiger partial charge in [-0.25, -0.2) is 9.07 Å². The van der Waals surface area contributed by atoms with E-state index in [2.05, 4.69) is 29.5 Å². The van der Waals surface area contributed by atoms with Crippen LogP contribution in [0.1, 0.15) is 49.6 Å². The summed E-state index contributed by atoms with van der Waals surface area (Å²) in [5.41, 5.74) is 2.48. The molecule has 0 fully saturated rings. The molecular formula is C16H23FN4. The summed E-state index contributed by atoms with van der Waals surface area (Å²) < 4.78 is 16.2. The van der Waals surface area contributed by atoms with E-state index >= 15 is 0 Å². The van der Waals surface area contributed by atoms with Crippen LogP contribution in [0.5, 0.6) is 0 Å². The number of nitrogens with zero attached hydrogens (tertiary/aromatic N) is 3. The maximum Gasteiger partial charge on any atom is 0.128 e. The van der Waals surface area contributed by atoms with E-state index in [1.165, 1.54) is 0 Å². The number of benzene rings is 1. The molecule has 2 aromatic rings. The van der Waals surface area contributed by atoms with Gasteiger partial charge in [0, 0.05) is 12.1 Å². The fourth-order valence-electron chi connectivity index (χ4n) is 2.40. The molecule has 0 aliphatic heterocycles. The average Bonchev–Trinajstić information content (AvgIpc) is 2.90. The predicted octanol–water partition coefficient (Wildman–Crippen LogP) is 3.22. The lowest BCUT2D eigenvalue weighted by atomic mass is 10.0. The molecular weight excluding hydrogens is 267 g/mol. The Labute approximate surface area is 125 Å². The second kappa shape index (κ2) is 7.31. The smallest absolute Gasteiger partial charge is 0.128 e. The molecule has 1 atom stereocenters. The van der Waals surface area contributed by atoms with E-state index in [1.54, 1.807) is 12.3 Å². The highest BCUT2D eigenvalue weighted by molar-refractivity contribution is 5.31. The van der Waals surface area contributed by atoms with Crippen molar-refractivity contribution in [3.05, 3.63) is 47.0 Å². The highest BCUT2D eigenvalue weighted by Gasteiger charge is 2.21. The zero-order chi connectivity index (χ0) is 15.2. The van der Waals surface area contributed by atoms with Crippen molar-refractivity contribution in [2.75, 3.05) is 6.54 Å². The zero-order valence-electron chi connectivity index (χ0n) is 12.9. The second-order valence-corrected chi connectivity index (χ2v) is 5.29. The molecule has 0 amide bonds. The minimum Gasteiger partial charge on any atom is -0.305 e. The molecule has 1 heterocycles. The Morgan fingerprint density at radius 2 is 2.10 bits per heavy atom. The number of hydrogen-bond acceptors (Lipinski definition) is 3. The van der Waals surface area contributed by atoms with Crippen LogP contribution in [-0.4, -0.2) is 21.5 Å². The Bertz CT molecular complexity index is 579. The SMILES string of the molecule is CCCNC(c1ccc(C)cc1F)c1cnnn1CCC. The fourth-order valence-corrected chi connectivity index (χ4v) is 2.40. The van der Waals surface area contributed by atoms with Gasteiger partial charge in [-0.15, -0.1) is 5.10 Å². The van der Waals surface area contributed by atoms with Gasteiger partial charge in [0.05, 0.1) is 17.9 Å². The zero-order valence-corrected chi connectivity index (χ0v) is 12.9. The van der Waals surface area contributed by atoms with E-state index < -0.39 is 0 Å². The summed E-state index contributed by atoms with van der Waals surface area (Å²) in [5, 5.41) is 11.5. The van der Waals surface area contributed by atoms with Gasteiger partial charge in [0.2, 0.25) is 0 Å². The lowest BCUT2D eigenvalue weighted by molar-refractivity contribution is 0.489. The summed E-state index contributed by atoms with van der Waals surface area (Å²) >= 11 is 0. The molecule has 21 heavy (non-hydrogen) atoms. The monoisotopic (exact) mass is 290 g/mol. The minimum absolute atomic E-state index is 0.187. The first-order chi connectivity index (χ1) is 10.2. The first kappa shape index (κ1) is 15.6. The van der Waals surface area contributed by atoms with E-state index in [-0.39, 0.29) is 11.9 Å². The Morgan fingerprint density at radius 3 is 2.76 bits per heavy atom. The van der Waals surface area contributed by atoms with E-state index in [9.17, 15) is 4.39 Å². The lowest BCUT2D eigenvalue weighted by Gasteiger charge is -2.20. The van der Waals surface area contributed by atoms with Crippen molar-refractivity contribution in [1.29, 1.82) is 0 Å². The van der Waals surface area contributed by atoms with Crippen LogP contribution in [0.2, 0.25) is 0 Å². The van der Waals surface area contributed by atoms with Crippen LogP contribution in [0.25, 0.3) is 0 Å². The maximum absolute atomic E-state index is 14.3. The van der Waals surface area contributed by atoms with Crippen LogP contribution in [0.3, 0.4) is 0 Å². The van der Waals surface area contributed by atoms with Crippen molar-refractivity contribution >= 4 is 0 Å². The largest absolute Gasteiger partial charge is 0.305 e. The molecule has 0 saturated carbocycles. The van der Waals surface area contributed by atoms with Gasteiger partial charge in [-0.1, -0.05) is 31.2 Å². The first-order valence-corrected chi connectivity index (χ1v) is 7.55. The first-order valence-electron chi connectivity index (χ1n) is 7.55. The van der Waals surface area contributed by atoms with E-state index in [0.29, 0.717) is 5.56 Å². The van der Waals surface area contributed by atoms with Crippen molar-refractivity contribution in [3.8, 4) is 0 Å². The molecule has 4 nitrogen and oxygen atoms in total. The molecule has 1 aromatic heterocycles. The fraction of sp³-hybridized carbons (Fsp3) is 0.500. The lowest BCUT2D eigenvalue weighted by Crippen LogP contribution is -2.26. The van der Waals surface area contributed by atoms with Crippen molar-refractivity contribution in [2.24, 2.45) is 0 Å². The molecule has 0 aliphatic carbocycles. The van der Waals surface area contributed by atoms with E-state index in [4.69, 9.17) is 0 Å². The molecule has 0 saturated heterocycles. The van der Waals surface area contributed by atoms with Crippen LogP contribution in [-0.2, 0) is 6.54 Å². The Balaban J connectivity index is 2.39. The maximum atomic E-state index is 14.3. The number of hydrogen-bond donors (Lipinski definition) is 1. The number of aryl methyl sites for hydroxylation is 2. The Morgan fingerprint density at radius 1 is 1.29 bits per heavy atom. The van der Waals surface area contributed by atoms with Gasteiger partial charge in [-0.2, -0.15) is 0 Å². The molecule has 1 aromatic carbocycles. The van der Waals surface area contributed by atoms with Crippen LogP contribution in [0.15, 0.2) is 24.4 Å². The molecule has 1 N–H and O–H groups in total. The predicted molar refractivity (Wildman–Crippen MR) is 81.6 cm³/mol. The van der Waals surface area contributed by atoms with Crippen molar-refractivity contribution in [3.63, 3.8) is 0 Å². The number of aromatic nitrogens is 3. The van der Waals surface area contributed by atoms with E-state index in [0.717, 1.165) is 37.2 Å². The van der Waals surface area contributed by atoms with Gasteiger partial charge in [-0.3, -0.25) is 0 Å². The topological polar surface area (TPSA) is 42.7 Å². The quantitative estimate of drug-likeness (QED) is 0.851. The molecule has 0 spiro atoms. The van der Waals surface area contributed by atoms with Gasteiger partial charge in [0.1, 0.15) is 5.82 Å². The van der Waals surface area contributed by atoms with Gasteiger partial charge < -0.3 is 5.32 Å². The van der Waals surface area contributed by atoms with Crippen LogP contribution >= 0.6 is 0 Å². The third kappa shape index (κ3) is 3.67. The molecule has 0 radical (unpaired) electrons. The van der Waals surface area contributed by atoms with Crippen LogP contribution in [0, 0.1) is 12.7 Å². The molecule has 114 valence electrons. The second-order valence-electron chi connectivity index (χ2n) is 5.29. The van der Waals surface area contributed by atoms with Gasteiger partial charge >= 0.3 is 0 Å². The third-order valence-electron chi connectivity index (χ3n) is 3.44. The third-order valence-corrected chi connectivity index (χ3v) is 3.44. The highest BCUT2D eigenvalue weighted by atomic mass is 19.1. The normalized spacial score (nSPS) is 12.6. The van der Waals surface area contributed by atoms with Gasteiger partial charge in [0.15, 0.2) is 0 Å². The standard InChI is InChI=1S/C16H23FN4/c1-4-8-18-16(13-7-6-12(3)10-14(13)17)15-11-19-20-21(15)9-5-2/h6-7,10-11,16,18H,4-5,8-9H2,1-3H3. The summed E-state index contributed by atoms with van der Waals surface area (Å²) in [6, 6.07) is 5.14. The van der Waals surface area contributed by atoms with Crippen molar-refractivity contribution < 1.29 is 4.39 Å². The minimum atomic E-state index is -0.216. The molecule has 2 rings (SSSR count).